The van der Waals surface area contributed by atoms with Crippen LogP contribution >= 0.6 is 12.6 Å². The van der Waals surface area contributed by atoms with Crippen molar-refractivity contribution in [1.82, 2.24) is 4.90 Å². The van der Waals surface area contributed by atoms with E-state index in [0.717, 1.165) is 11.7 Å². The average Bonchev–Trinajstić information content (AvgIpc) is 2.14. The fraction of sp³-hybridized carbons (Fsp3) is 1.00. The zero-order valence-corrected chi connectivity index (χ0v) is 12.2. The maximum atomic E-state index is 4.53. The van der Waals surface area contributed by atoms with Crippen LogP contribution in [0.3, 0.4) is 0 Å². The summed E-state index contributed by atoms with van der Waals surface area (Å²) in [6, 6.07) is 0. The highest BCUT2D eigenvalue weighted by atomic mass is 32.1. The number of thiol groups is 1. The molecule has 0 spiro atoms. The van der Waals surface area contributed by atoms with E-state index in [1.54, 1.807) is 0 Å². The highest BCUT2D eigenvalue weighted by Crippen LogP contribution is 2.28. The van der Waals surface area contributed by atoms with Crippen LogP contribution < -0.4 is 0 Å². The molecule has 1 nitrogen and oxygen atoms in total. The van der Waals surface area contributed by atoms with E-state index < -0.39 is 0 Å². The van der Waals surface area contributed by atoms with Gasteiger partial charge in [-0.3, -0.25) is 0 Å². The third-order valence-corrected chi connectivity index (χ3v) is 4.31. The van der Waals surface area contributed by atoms with Crippen LogP contribution in [0.2, 0.25) is 0 Å². The Hall–Kier alpha value is 0.310. The zero-order chi connectivity index (χ0) is 12.0. The summed E-state index contributed by atoms with van der Waals surface area (Å²) < 4.78 is 0. The third-order valence-electron chi connectivity index (χ3n) is 3.87. The summed E-state index contributed by atoms with van der Waals surface area (Å²) in [5, 5.41) is 0. The first-order chi connectivity index (χ1) is 7.54. The van der Waals surface area contributed by atoms with Crippen molar-refractivity contribution in [2.75, 3.05) is 25.4 Å². The topological polar surface area (TPSA) is 3.24 Å². The Labute approximate surface area is 107 Å². The number of hydrogen-bond donors (Lipinski definition) is 1. The van der Waals surface area contributed by atoms with E-state index in [1.165, 1.54) is 51.7 Å². The second kappa shape index (κ2) is 6.90. The first-order valence-electron chi connectivity index (χ1n) is 6.87. The SMILES string of the molecule is CC(C)(C)C(CS)CN1CCCCCCC1. The van der Waals surface area contributed by atoms with E-state index in [4.69, 9.17) is 0 Å². The molecule has 0 aromatic carbocycles. The molecule has 0 bridgehead atoms. The van der Waals surface area contributed by atoms with Crippen molar-refractivity contribution >= 4 is 12.6 Å². The lowest BCUT2D eigenvalue weighted by molar-refractivity contribution is 0.155. The molecule has 0 aromatic rings. The van der Waals surface area contributed by atoms with Gasteiger partial charge in [-0.1, -0.05) is 40.0 Å². The molecule has 0 radical (unpaired) electrons. The first kappa shape index (κ1) is 14.4. The normalized spacial score (nSPS) is 22.5. The van der Waals surface area contributed by atoms with Crippen molar-refractivity contribution in [3.63, 3.8) is 0 Å². The molecule has 0 aromatic heterocycles. The molecule has 1 rings (SSSR count). The summed E-state index contributed by atoms with van der Waals surface area (Å²) in [6.45, 7) is 10.9. The Morgan fingerprint density at radius 2 is 1.50 bits per heavy atom. The Bertz CT molecular complexity index is 178. The molecule has 0 aliphatic carbocycles. The van der Waals surface area contributed by atoms with Crippen LogP contribution in [0.1, 0.15) is 52.9 Å². The smallest absolute Gasteiger partial charge is 0.00225 e. The van der Waals surface area contributed by atoms with Crippen molar-refractivity contribution in [2.24, 2.45) is 11.3 Å². The van der Waals surface area contributed by atoms with Crippen molar-refractivity contribution in [1.29, 1.82) is 0 Å². The van der Waals surface area contributed by atoms with Gasteiger partial charge >= 0.3 is 0 Å². The van der Waals surface area contributed by atoms with E-state index in [0.29, 0.717) is 5.41 Å². The highest BCUT2D eigenvalue weighted by Gasteiger charge is 2.25. The molecule has 0 saturated carbocycles. The predicted molar refractivity (Wildman–Crippen MR) is 76.3 cm³/mol. The lowest BCUT2D eigenvalue weighted by Crippen LogP contribution is -2.38. The zero-order valence-electron chi connectivity index (χ0n) is 11.3. The second-order valence-electron chi connectivity index (χ2n) is 6.31. The minimum Gasteiger partial charge on any atom is -0.303 e. The van der Waals surface area contributed by atoms with E-state index in [-0.39, 0.29) is 0 Å². The maximum absolute atomic E-state index is 4.53. The fourth-order valence-electron chi connectivity index (χ4n) is 2.41. The van der Waals surface area contributed by atoms with Gasteiger partial charge in [0.2, 0.25) is 0 Å². The molecule has 1 fully saturated rings. The van der Waals surface area contributed by atoms with Gasteiger partial charge in [-0.15, -0.1) is 0 Å². The first-order valence-corrected chi connectivity index (χ1v) is 7.50. The second-order valence-corrected chi connectivity index (χ2v) is 6.68. The largest absolute Gasteiger partial charge is 0.303 e. The van der Waals surface area contributed by atoms with Gasteiger partial charge in [-0.05, 0) is 43.0 Å². The lowest BCUT2D eigenvalue weighted by Gasteiger charge is -2.35. The van der Waals surface area contributed by atoms with Crippen LogP contribution in [-0.2, 0) is 0 Å². The molecular weight excluding hydrogens is 214 g/mol. The molecule has 1 heterocycles. The molecular formula is C14H29NS. The summed E-state index contributed by atoms with van der Waals surface area (Å²) in [5.74, 6) is 1.73. The van der Waals surface area contributed by atoms with E-state index in [9.17, 15) is 0 Å². The van der Waals surface area contributed by atoms with Gasteiger partial charge < -0.3 is 4.90 Å². The Kier molecular flexibility index (Phi) is 6.20. The minimum absolute atomic E-state index is 0.393. The van der Waals surface area contributed by atoms with Gasteiger partial charge in [-0.2, -0.15) is 12.6 Å². The van der Waals surface area contributed by atoms with Crippen LogP contribution in [-0.4, -0.2) is 30.3 Å². The fourth-order valence-corrected chi connectivity index (χ4v) is 3.08. The van der Waals surface area contributed by atoms with Gasteiger partial charge in [-0.25, -0.2) is 0 Å². The van der Waals surface area contributed by atoms with Gasteiger partial charge in [0.25, 0.3) is 0 Å². The van der Waals surface area contributed by atoms with Crippen molar-refractivity contribution in [3.05, 3.63) is 0 Å². The van der Waals surface area contributed by atoms with Crippen LogP contribution in [0.4, 0.5) is 0 Å². The quantitative estimate of drug-likeness (QED) is 0.737. The third kappa shape index (κ3) is 5.09. The standard InChI is InChI=1S/C14H29NS/c1-14(2,3)13(12-16)11-15-9-7-5-4-6-8-10-15/h13,16H,4-12H2,1-3H3. The number of likely N-dealkylation sites (tertiary alicyclic amines) is 1. The molecule has 1 aliphatic rings. The van der Waals surface area contributed by atoms with Gasteiger partial charge in [0.15, 0.2) is 0 Å². The molecule has 1 unspecified atom stereocenters. The molecule has 0 N–H and O–H groups in total. The van der Waals surface area contributed by atoms with Crippen molar-refractivity contribution in [2.45, 2.75) is 52.9 Å². The monoisotopic (exact) mass is 243 g/mol. The summed E-state index contributed by atoms with van der Waals surface area (Å²) in [6.07, 6.45) is 7.09. The molecule has 96 valence electrons. The van der Waals surface area contributed by atoms with E-state index in [2.05, 4.69) is 38.3 Å². The molecule has 16 heavy (non-hydrogen) atoms. The average molecular weight is 243 g/mol. The summed E-state index contributed by atoms with van der Waals surface area (Å²) in [7, 11) is 0. The Morgan fingerprint density at radius 1 is 1.00 bits per heavy atom. The van der Waals surface area contributed by atoms with Gasteiger partial charge in [0.05, 0.1) is 0 Å². The molecule has 1 aliphatic heterocycles. The van der Waals surface area contributed by atoms with Gasteiger partial charge in [0, 0.05) is 6.54 Å². The summed E-state index contributed by atoms with van der Waals surface area (Å²) in [5.41, 5.74) is 0.393. The number of rotatable bonds is 3. The van der Waals surface area contributed by atoms with Crippen molar-refractivity contribution in [3.8, 4) is 0 Å². The number of nitrogens with zero attached hydrogens (tertiary/aromatic N) is 1. The van der Waals surface area contributed by atoms with Crippen molar-refractivity contribution < 1.29 is 0 Å². The van der Waals surface area contributed by atoms with Crippen LogP contribution in [0.5, 0.6) is 0 Å². The lowest BCUT2D eigenvalue weighted by atomic mass is 9.81. The Balaban J connectivity index is 2.42. The number of hydrogen-bond acceptors (Lipinski definition) is 2. The summed E-state index contributed by atoms with van der Waals surface area (Å²) >= 11 is 4.53. The highest BCUT2D eigenvalue weighted by molar-refractivity contribution is 7.80. The maximum Gasteiger partial charge on any atom is 0.00225 e. The minimum atomic E-state index is 0.393. The summed E-state index contributed by atoms with van der Waals surface area (Å²) in [4.78, 5) is 2.67. The van der Waals surface area contributed by atoms with Crippen LogP contribution in [0.15, 0.2) is 0 Å². The van der Waals surface area contributed by atoms with E-state index >= 15 is 0 Å². The Morgan fingerprint density at radius 3 is 1.94 bits per heavy atom. The molecule has 1 saturated heterocycles. The van der Waals surface area contributed by atoms with E-state index in [1.807, 2.05) is 0 Å². The van der Waals surface area contributed by atoms with Crippen LogP contribution in [0, 0.1) is 11.3 Å². The molecule has 1 atom stereocenters. The molecule has 0 amide bonds. The predicted octanol–water partition coefficient (Wildman–Crippen LogP) is 3.84. The van der Waals surface area contributed by atoms with Crippen LogP contribution in [0.25, 0.3) is 0 Å². The van der Waals surface area contributed by atoms with Gasteiger partial charge in [0.1, 0.15) is 0 Å². The molecule has 2 heteroatoms.